The highest BCUT2D eigenvalue weighted by atomic mass is 32.2. The molecule has 0 saturated carbocycles. The summed E-state index contributed by atoms with van der Waals surface area (Å²) < 4.78 is 36.2. The normalized spacial score (nSPS) is 22.9. The first kappa shape index (κ1) is 14.0. The van der Waals surface area contributed by atoms with Crippen LogP contribution < -0.4 is 5.32 Å². The van der Waals surface area contributed by atoms with Crippen LogP contribution in [0.5, 0.6) is 0 Å². The molecule has 104 valence electrons. The van der Waals surface area contributed by atoms with Crippen molar-refractivity contribution >= 4 is 15.7 Å². The summed E-state index contributed by atoms with van der Waals surface area (Å²) in [5.41, 5.74) is 0.400. The zero-order valence-corrected chi connectivity index (χ0v) is 11.4. The number of halogens is 1. The lowest BCUT2D eigenvalue weighted by molar-refractivity contribution is -0.124. The van der Waals surface area contributed by atoms with E-state index in [1.807, 2.05) is 0 Å². The first-order valence-corrected chi connectivity index (χ1v) is 7.96. The molecule has 0 aromatic heterocycles. The summed E-state index contributed by atoms with van der Waals surface area (Å²) in [6, 6.07) is 5.74. The largest absolute Gasteiger partial charge is 0.349 e. The van der Waals surface area contributed by atoms with Crippen molar-refractivity contribution in [3.63, 3.8) is 0 Å². The van der Waals surface area contributed by atoms with Crippen LogP contribution in [0, 0.1) is 11.7 Å². The van der Waals surface area contributed by atoms with E-state index in [0.717, 1.165) is 0 Å². The highest BCUT2D eigenvalue weighted by Gasteiger charge is 2.33. The topological polar surface area (TPSA) is 63.2 Å². The zero-order chi connectivity index (χ0) is 14.0. The van der Waals surface area contributed by atoms with Crippen LogP contribution >= 0.6 is 0 Å². The van der Waals surface area contributed by atoms with Crippen LogP contribution in [0.1, 0.15) is 24.9 Å². The predicted octanol–water partition coefficient (Wildman–Crippen LogP) is 1.44. The van der Waals surface area contributed by atoms with Crippen molar-refractivity contribution < 1.29 is 17.6 Å². The first-order valence-electron chi connectivity index (χ1n) is 6.14. The molecule has 1 aromatic carbocycles. The Bertz CT molecular complexity index is 585. The van der Waals surface area contributed by atoms with Crippen LogP contribution in [0.4, 0.5) is 4.39 Å². The fraction of sp³-hybridized carbons (Fsp3) is 0.462. The number of carbonyl (C=O) groups is 1. The lowest BCUT2D eigenvalue weighted by Gasteiger charge is -2.17. The third-order valence-corrected chi connectivity index (χ3v) is 5.10. The smallest absolute Gasteiger partial charge is 0.224 e. The first-order chi connectivity index (χ1) is 8.89. The van der Waals surface area contributed by atoms with Crippen LogP contribution in [0.2, 0.25) is 0 Å². The number of sulfone groups is 1. The summed E-state index contributed by atoms with van der Waals surface area (Å²) in [6.45, 7) is 1.68. The second kappa shape index (κ2) is 5.28. The van der Waals surface area contributed by atoms with Gasteiger partial charge < -0.3 is 5.32 Å². The summed E-state index contributed by atoms with van der Waals surface area (Å²) in [5.74, 6) is -1.27. The molecule has 2 atom stereocenters. The van der Waals surface area contributed by atoms with Gasteiger partial charge >= 0.3 is 0 Å². The quantitative estimate of drug-likeness (QED) is 0.914. The Balaban J connectivity index is 2.02. The molecule has 1 amide bonds. The molecule has 1 aromatic rings. The Morgan fingerprint density at radius 3 is 2.68 bits per heavy atom. The van der Waals surface area contributed by atoms with Crippen molar-refractivity contribution in [2.45, 2.75) is 19.4 Å². The second-order valence-electron chi connectivity index (χ2n) is 4.85. The highest BCUT2D eigenvalue weighted by Crippen LogP contribution is 2.21. The Morgan fingerprint density at radius 2 is 2.11 bits per heavy atom. The minimum atomic E-state index is -3.08. The summed E-state index contributed by atoms with van der Waals surface area (Å²) in [4.78, 5) is 11.9. The van der Waals surface area contributed by atoms with E-state index < -0.39 is 21.8 Å². The van der Waals surface area contributed by atoms with E-state index in [9.17, 15) is 17.6 Å². The average molecular weight is 285 g/mol. The molecule has 0 bridgehead atoms. The molecule has 1 saturated heterocycles. The molecule has 1 aliphatic rings. The van der Waals surface area contributed by atoms with Crippen molar-refractivity contribution in [3.8, 4) is 0 Å². The van der Waals surface area contributed by atoms with Gasteiger partial charge in [0.1, 0.15) is 5.82 Å². The minimum Gasteiger partial charge on any atom is -0.349 e. The van der Waals surface area contributed by atoms with Crippen LogP contribution in [0.25, 0.3) is 0 Å². The predicted molar refractivity (Wildman–Crippen MR) is 69.7 cm³/mol. The molecule has 1 heterocycles. The summed E-state index contributed by atoms with van der Waals surface area (Å²) in [6.07, 6.45) is 0.345. The molecule has 0 aliphatic carbocycles. The van der Waals surface area contributed by atoms with Crippen molar-refractivity contribution in [2.75, 3.05) is 11.5 Å². The van der Waals surface area contributed by atoms with Gasteiger partial charge in [0.25, 0.3) is 0 Å². The van der Waals surface area contributed by atoms with E-state index in [1.165, 1.54) is 6.07 Å². The number of amides is 1. The molecule has 0 radical (unpaired) electrons. The lowest BCUT2D eigenvalue weighted by atomic mass is 10.0. The van der Waals surface area contributed by atoms with Crippen LogP contribution in [0.15, 0.2) is 24.3 Å². The van der Waals surface area contributed by atoms with Gasteiger partial charge in [-0.2, -0.15) is 0 Å². The number of hydrogen-bond donors (Lipinski definition) is 1. The van der Waals surface area contributed by atoms with Gasteiger partial charge in [-0.1, -0.05) is 18.2 Å². The maximum Gasteiger partial charge on any atom is 0.224 e. The Hall–Kier alpha value is -1.43. The molecule has 19 heavy (non-hydrogen) atoms. The molecular weight excluding hydrogens is 269 g/mol. The number of rotatable bonds is 3. The highest BCUT2D eigenvalue weighted by molar-refractivity contribution is 7.91. The molecule has 1 aliphatic heterocycles. The van der Waals surface area contributed by atoms with Crippen molar-refractivity contribution in [2.24, 2.45) is 5.92 Å². The third kappa shape index (κ3) is 3.32. The van der Waals surface area contributed by atoms with E-state index in [2.05, 4.69) is 5.32 Å². The van der Waals surface area contributed by atoms with Crippen molar-refractivity contribution in [1.29, 1.82) is 0 Å². The molecule has 1 fully saturated rings. The average Bonchev–Trinajstić information content (AvgIpc) is 2.70. The van der Waals surface area contributed by atoms with Gasteiger partial charge in [-0.15, -0.1) is 0 Å². The molecule has 4 nitrogen and oxygen atoms in total. The molecule has 1 N–H and O–H groups in total. The van der Waals surface area contributed by atoms with Crippen molar-refractivity contribution in [3.05, 3.63) is 35.6 Å². The van der Waals surface area contributed by atoms with E-state index in [1.54, 1.807) is 25.1 Å². The molecule has 6 heteroatoms. The second-order valence-corrected chi connectivity index (χ2v) is 7.08. The Morgan fingerprint density at radius 1 is 1.42 bits per heavy atom. The van der Waals surface area contributed by atoms with Crippen molar-refractivity contribution in [1.82, 2.24) is 5.32 Å². The van der Waals surface area contributed by atoms with Gasteiger partial charge in [-0.25, -0.2) is 12.8 Å². The van der Waals surface area contributed by atoms with Gasteiger partial charge in [0.05, 0.1) is 23.5 Å². The van der Waals surface area contributed by atoms with E-state index in [0.29, 0.717) is 12.0 Å². The van der Waals surface area contributed by atoms with E-state index in [-0.39, 0.29) is 23.2 Å². The molecular formula is C13H16FNO3S. The number of benzene rings is 1. The SMILES string of the molecule is C[C@H](NC(=O)[C@H]1CCS(=O)(=O)C1)c1ccccc1F. The Labute approximate surface area is 111 Å². The van der Waals surface area contributed by atoms with Crippen LogP contribution in [-0.4, -0.2) is 25.8 Å². The van der Waals surface area contributed by atoms with E-state index in [4.69, 9.17) is 0 Å². The lowest BCUT2D eigenvalue weighted by Crippen LogP contribution is -2.33. The maximum atomic E-state index is 13.5. The number of nitrogens with one attached hydrogen (secondary N) is 1. The van der Waals surface area contributed by atoms with Gasteiger partial charge in [0.15, 0.2) is 9.84 Å². The van der Waals surface area contributed by atoms with Crippen LogP contribution in [0.3, 0.4) is 0 Å². The van der Waals surface area contributed by atoms with Gasteiger partial charge in [0.2, 0.25) is 5.91 Å². The van der Waals surface area contributed by atoms with Gasteiger partial charge in [-0.3, -0.25) is 4.79 Å². The third-order valence-electron chi connectivity index (χ3n) is 3.33. The maximum absolute atomic E-state index is 13.5. The summed E-state index contributed by atoms with van der Waals surface area (Å²) >= 11 is 0. The van der Waals surface area contributed by atoms with E-state index >= 15 is 0 Å². The fourth-order valence-corrected chi connectivity index (χ4v) is 3.98. The monoisotopic (exact) mass is 285 g/mol. The number of carbonyl (C=O) groups excluding carboxylic acids is 1. The fourth-order valence-electron chi connectivity index (χ4n) is 2.24. The molecule has 2 rings (SSSR count). The summed E-state index contributed by atoms with van der Waals surface area (Å²) in [7, 11) is -3.08. The molecule has 0 unspecified atom stereocenters. The Kier molecular flexibility index (Phi) is 3.89. The zero-order valence-electron chi connectivity index (χ0n) is 10.6. The number of hydrogen-bond acceptors (Lipinski definition) is 3. The summed E-state index contributed by atoms with van der Waals surface area (Å²) in [5, 5.41) is 2.67. The van der Waals surface area contributed by atoms with Gasteiger partial charge in [0, 0.05) is 5.56 Å². The van der Waals surface area contributed by atoms with Gasteiger partial charge in [-0.05, 0) is 19.4 Å². The standard InChI is InChI=1S/C13H16FNO3S/c1-9(11-4-2-3-5-12(11)14)15-13(16)10-6-7-19(17,18)8-10/h2-5,9-10H,6-8H2,1H3,(H,15,16)/t9-,10-/m0/s1. The minimum absolute atomic E-state index is 0.0547. The molecule has 0 spiro atoms. The van der Waals surface area contributed by atoms with Crippen LogP contribution in [-0.2, 0) is 14.6 Å².